The van der Waals surface area contributed by atoms with Gasteiger partial charge < -0.3 is 4.90 Å². The minimum atomic E-state index is 0.521. The number of hydrogen-bond donors (Lipinski definition) is 0. The Hall–Kier alpha value is -0.930. The highest BCUT2D eigenvalue weighted by Gasteiger charge is 2.26. The Balaban J connectivity index is 1.83. The molecular weight excluding hydrogens is 210 g/mol. The van der Waals surface area contributed by atoms with Gasteiger partial charge in [-0.05, 0) is 51.2 Å². The summed E-state index contributed by atoms with van der Waals surface area (Å²) in [5, 5.41) is 0. The molecule has 0 radical (unpaired) electrons. The average molecular weight is 233 g/mol. The minimum Gasteiger partial charge on any atom is -0.301 e. The van der Waals surface area contributed by atoms with Gasteiger partial charge in [0.1, 0.15) is 0 Å². The van der Waals surface area contributed by atoms with Crippen molar-refractivity contribution in [3.63, 3.8) is 0 Å². The summed E-state index contributed by atoms with van der Waals surface area (Å²) < 4.78 is 0. The van der Waals surface area contributed by atoms with Gasteiger partial charge in [0, 0.05) is 25.3 Å². The third-order valence-corrected chi connectivity index (χ3v) is 3.68. The smallest absolute Gasteiger partial charge is 0.0363 e. The quantitative estimate of drug-likeness (QED) is 0.380. The molecule has 94 valence electrons. The van der Waals surface area contributed by atoms with Gasteiger partial charge >= 0.3 is 0 Å². The standard InChI is InChI=1S/C14H23N3/c1-3-13(12-15-2)14-6-4-8-17(14)9-5-7-16-10-11-16/h3,12,14H,1-2,4-11H2/b13-12+. The third-order valence-electron chi connectivity index (χ3n) is 3.68. The van der Waals surface area contributed by atoms with Crippen molar-refractivity contribution in [2.45, 2.75) is 25.3 Å². The molecule has 17 heavy (non-hydrogen) atoms. The Morgan fingerprint density at radius 3 is 2.76 bits per heavy atom. The SMILES string of the molecule is C=C/C(=C\N=C)C1CCCN1CCCN1CC1. The summed E-state index contributed by atoms with van der Waals surface area (Å²) >= 11 is 0. The van der Waals surface area contributed by atoms with Crippen LogP contribution in [0.3, 0.4) is 0 Å². The highest BCUT2D eigenvalue weighted by molar-refractivity contribution is 5.31. The van der Waals surface area contributed by atoms with Crippen molar-refractivity contribution in [1.82, 2.24) is 9.80 Å². The van der Waals surface area contributed by atoms with Crippen molar-refractivity contribution in [2.75, 3.05) is 32.7 Å². The number of aliphatic imine (C=N–C) groups is 1. The van der Waals surface area contributed by atoms with E-state index in [1.54, 1.807) is 0 Å². The number of likely N-dealkylation sites (tertiary alicyclic amines) is 1. The fourth-order valence-corrected chi connectivity index (χ4v) is 2.64. The van der Waals surface area contributed by atoms with Gasteiger partial charge in [-0.15, -0.1) is 0 Å². The molecule has 1 atom stereocenters. The minimum absolute atomic E-state index is 0.521. The second kappa shape index (κ2) is 6.12. The van der Waals surface area contributed by atoms with Gasteiger partial charge in [-0.3, -0.25) is 9.89 Å². The molecule has 2 heterocycles. The summed E-state index contributed by atoms with van der Waals surface area (Å²) in [5.41, 5.74) is 1.23. The number of hydrogen-bond acceptors (Lipinski definition) is 3. The maximum atomic E-state index is 3.89. The number of rotatable bonds is 7. The van der Waals surface area contributed by atoms with Gasteiger partial charge in [-0.1, -0.05) is 12.7 Å². The Kier molecular flexibility index (Phi) is 4.51. The first-order valence-electron chi connectivity index (χ1n) is 6.60. The maximum Gasteiger partial charge on any atom is 0.0363 e. The fourth-order valence-electron chi connectivity index (χ4n) is 2.64. The van der Waals surface area contributed by atoms with Crippen molar-refractivity contribution in [2.24, 2.45) is 4.99 Å². The molecule has 0 aromatic heterocycles. The summed E-state index contributed by atoms with van der Waals surface area (Å²) in [6.07, 6.45) is 7.60. The van der Waals surface area contributed by atoms with Crippen molar-refractivity contribution in [3.05, 3.63) is 24.4 Å². The molecular formula is C14H23N3. The molecule has 3 heteroatoms. The fraction of sp³-hybridized carbons (Fsp3) is 0.643. The molecule has 0 aromatic carbocycles. The van der Waals surface area contributed by atoms with Gasteiger partial charge in [0.2, 0.25) is 0 Å². The molecule has 2 aliphatic heterocycles. The molecule has 3 nitrogen and oxygen atoms in total. The zero-order chi connectivity index (χ0) is 12.1. The summed E-state index contributed by atoms with van der Waals surface area (Å²) in [4.78, 5) is 8.94. The lowest BCUT2D eigenvalue weighted by molar-refractivity contribution is 0.272. The van der Waals surface area contributed by atoms with Crippen LogP contribution in [0.1, 0.15) is 19.3 Å². The molecule has 0 spiro atoms. The van der Waals surface area contributed by atoms with Crippen molar-refractivity contribution in [3.8, 4) is 0 Å². The van der Waals surface area contributed by atoms with E-state index < -0.39 is 0 Å². The van der Waals surface area contributed by atoms with E-state index in [2.05, 4.69) is 28.1 Å². The van der Waals surface area contributed by atoms with E-state index in [-0.39, 0.29) is 0 Å². The van der Waals surface area contributed by atoms with Crippen molar-refractivity contribution < 1.29 is 0 Å². The van der Waals surface area contributed by atoms with Crippen molar-refractivity contribution >= 4 is 6.72 Å². The zero-order valence-electron chi connectivity index (χ0n) is 10.6. The highest BCUT2D eigenvalue weighted by Crippen LogP contribution is 2.24. The van der Waals surface area contributed by atoms with E-state index >= 15 is 0 Å². The van der Waals surface area contributed by atoms with E-state index in [0.717, 1.165) is 0 Å². The van der Waals surface area contributed by atoms with Gasteiger partial charge in [0.25, 0.3) is 0 Å². The topological polar surface area (TPSA) is 18.6 Å². The molecule has 0 amide bonds. The first-order valence-corrected chi connectivity index (χ1v) is 6.60. The summed E-state index contributed by atoms with van der Waals surface area (Å²) in [5.74, 6) is 0. The third kappa shape index (κ3) is 3.51. The highest BCUT2D eigenvalue weighted by atomic mass is 15.3. The lowest BCUT2D eigenvalue weighted by Crippen LogP contribution is -2.32. The van der Waals surface area contributed by atoms with E-state index in [1.807, 2.05) is 12.3 Å². The monoisotopic (exact) mass is 233 g/mol. The molecule has 0 N–H and O–H groups in total. The first-order chi connectivity index (χ1) is 8.35. The van der Waals surface area contributed by atoms with Gasteiger partial charge in [-0.2, -0.15) is 0 Å². The second-order valence-corrected chi connectivity index (χ2v) is 4.90. The first kappa shape index (κ1) is 12.5. The molecule has 2 saturated heterocycles. The van der Waals surface area contributed by atoms with Gasteiger partial charge in [-0.25, -0.2) is 0 Å². The van der Waals surface area contributed by atoms with E-state index in [9.17, 15) is 0 Å². The molecule has 0 aliphatic carbocycles. The predicted molar refractivity (Wildman–Crippen MR) is 73.5 cm³/mol. The molecule has 0 bridgehead atoms. The van der Waals surface area contributed by atoms with Crippen LogP contribution in [-0.2, 0) is 0 Å². The molecule has 2 fully saturated rings. The molecule has 1 unspecified atom stereocenters. The summed E-state index contributed by atoms with van der Waals surface area (Å²) in [7, 11) is 0. The van der Waals surface area contributed by atoms with Crippen LogP contribution in [0.15, 0.2) is 29.4 Å². The van der Waals surface area contributed by atoms with Gasteiger partial charge in [0.05, 0.1) is 0 Å². The Labute approximate surface area is 105 Å². The average Bonchev–Trinajstić information content (AvgIpc) is 3.04. The lowest BCUT2D eigenvalue weighted by atomic mass is 10.1. The largest absolute Gasteiger partial charge is 0.301 e. The Morgan fingerprint density at radius 2 is 2.12 bits per heavy atom. The van der Waals surface area contributed by atoms with E-state index in [0.29, 0.717) is 6.04 Å². The van der Waals surface area contributed by atoms with Crippen LogP contribution in [0.2, 0.25) is 0 Å². The van der Waals surface area contributed by atoms with Crippen LogP contribution in [0.25, 0.3) is 0 Å². The van der Waals surface area contributed by atoms with Crippen LogP contribution < -0.4 is 0 Å². The second-order valence-electron chi connectivity index (χ2n) is 4.90. The molecule has 2 rings (SSSR count). The summed E-state index contributed by atoms with van der Waals surface area (Å²) in [6, 6.07) is 0.521. The normalized spacial score (nSPS) is 26.1. The van der Waals surface area contributed by atoms with Crippen LogP contribution >= 0.6 is 0 Å². The maximum absolute atomic E-state index is 3.89. The summed E-state index contributed by atoms with van der Waals surface area (Å²) in [6.45, 7) is 13.7. The molecule has 0 saturated carbocycles. The molecule has 2 aliphatic rings. The van der Waals surface area contributed by atoms with E-state index in [4.69, 9.17) is 0 Å². The Morgan fingerprint density at radius 1 is 1.29 bits per heavy atom. The Bertz CT molecular complexity index is 305. The zero-order valence-corrected chi connectivity index (χ0v) is 10.6. The predicted octanol–water partition coefficient (Wildman–Crippen LogP) is 1.93. The van der Waals surface area contributed by atoms with E-state index in [1.165, 1.54) is 57.6 Å². The van der Waals surface area contributed by atoms with Crippen LogP contribution in [0.5, 0.6) is 0 Å². The van der Waals surface area contributed by atoms with Crippen LogP contribution in [0.4, 0.5) is 0 Å². The van der Waals surface area contributed by atoms with Gasteiger partial charge in [0.15, 0.2) is 0 Å². The van der Waals surface area contributed by atoms with Crippen LogP contribution in [0, 0.1) is 0 Å². The lowest BCUT2D eigenvalue weighted by Gasteiger charge is -2.25. The number of nitrogens with zero attached hydrogens (tertiary/aromatic N) is 3. The molecule has 0 aromatic rings. The van der Waals surface area contributed by atoms with Crippen molar-refractivity contribution in [1.29, 1.82) is 0 Å². The van der Waals surface area contributed by atoms with Crippen LogP contribution in [-0.4, -0.2) is 55.3 Å².